The monoisotopic (exact) mass is 584 g/mol. The van der Waals surface area contributed by atoms with Gasteiger partial charge in [0.1, 0.15) is 0 Å². The van der Waals surface area contributed by atoms with Gasteiger partial charge in [0.25, 0.3) is 0 Å². The van der Waals surface area contributed by atoms with Crippen molar-refractivity contribution in [2.75, 3.05) is 11.5 Å². The Morgan fingerprint density at radius 2 is 0.935 bits per heavy atom. The maximum absolute atomic E-state index is 12.6. The first-order chi connectivity index (χ1) is 15.0. The molecular weight excluding hydrogens is 535 g/mol. The number of thiol groups is 2. The predicted octanol–water partition coefficient (Wildman–Crippen LogP) is 7.66. The van der Waals surface area contributed by atoms with Gasteiger partial charge in [-0.3, -0.25) is 0 Å². The summed E-state index contributed by atoms with van der Waals surface area (Å²) in [7, 11) is 0. The van der Waals surface area contributed by atoms with Crippen LogP contribution < -0.4 is 0 Å². The third kappa shape index (κ3) is 18.5. The zero-order chi connectivity index (χ0) is 23.2. The third-order valence-electron chi connectivity index (χ3n) is 5.50. The molecule has 0 fully saturated rings. The van der Waals surface area contributed by atoms with Crippen LogP contribution in [0.15, 0.2) is 0 Å². The van der Waals surface area contributed by atoms with E-state index >= 15 is 0 Å². The summed E-state index contributed by atoms with van der Waals surface area (Å²) in [5.41, 5.74) is 0. The van der Waals surface area contributed by atoms with E-state index < -0.39 is 19.2 Å². The van der Waals surface area contributed by atoms with Crippen molar-refractivity contribution in [1.29, 1.82) is 0 Å². The zero-order valence-corrected chi connectivity index (χ0v) is 24.8. The van der Waals surface area contributed by atoms with Crippen molar-refractivity contribution in [3.63, 3.8) is 0 Å². The minimum atomic E-state index is -3.83. The van der Waals surface area contributed by atoms with Gasteiger partial charge < -0.3 is 0 Å². The van der Waals surface area contributed by atoms with E-state index in [9.17, 15) is 9.59 Å². The number of hydrogen-bond donors (Lipinski definition) is 2. The standard InChI is InChI=1S/2C8H17.2C4H8O2S.Sn/c2*1-3-5-7-8-6-4-2;2*5-4(6)2-1-3-7;/h2*1,3-8H2,2H3;2*7H,1-3H2,(H,5,6);/q;;;;+2/p-2. The van der Waals surface area contributed by atoms with Gasteiger partial charge in [0.15, 0.2) is 0 Å². The van der Waals surface area contributed by atoms with Crippen molar-refractivity contribution < 1.29 is 15.7 Å². The van der Waals surface area contributed by atoms with Crippen LogP contribution in [-0.2, 0) is 15.7 Å². The molecule has 184 valence electrons. The van der Waals surface area contributed by atoms with Crippen LogP contribution in [-0.4, -0.2) is 42.6 Å². The molecule has 31 heavy (non-hydrogen) atoms. The van der Waals surface area contributed by atoms with Gasteiger partial charge in [-0.25, -0.2) is 0 Å². The molecule has 0 saturated heterocycles. The molecule has 4 nitrogen and oxygen atoms in total. The summed E-state index contributed by atoms with van der Waals surface area (Å²) >= 11 is 4.60. The summed E-state index contributed by atoms with van der Waals surface area (Å²) < 4.78 is 13.8. The Bertz CT molecular complexity index is 409. The van der Waals surface area contributed by atoms with Gasteiger partial charge in [0, 0.05) is 0 Å². The van der Waals surface area contributed by atoms with Crippen LogP contribution in [0.5, 0.6) is 0 Å². The average Bonchev–Trinajstić information content (AvgIpc) is 2.75. The summed E-state index contributed by atoms with van der Waals surface area (Å²) in [5, 5.41) is 0. The van der Waals surface area contributed by atoms with Gasteiger partial charge >= 0.3 is 209 Å². The molecule has 0 aliphatic carbocycles. The summed E-state index contributed by atoms with van der Waals surface area (Å²) in [6.45, 7) is 4.44. The van der Waals surface area contributed by atoms with E-state index in [2.05, 4.69) is 39.1 Å². The summed E-state index contributed by atoms with van der Waals surface area (Å²) in [4.78, 5) is 25.1. The molecule has 0 saturated carbocycles. The molecule has 0 spiro atoms. The molecule has 0 bridgehead atoms. The van der Waals surface area contributed by atoms with Gasteiger partial charge in [0.2, 0.25) is 0 Å². The predicted molar refractivity (Wildman–Crippen MR) is 140 cm³/mol. The fourth-order valence-electron chi connectivity index (χ4n) is 3.66. The van der Waals surface area contributed by atoms with Crippen LogP contribution in [0.3, 0.4) is 0 Å². The van der Waals surface area contributed by atoms with Crippen molar-refractivity contribution in [3.05, 3.63) is 0 Å². The van der Waals surface area contributed by atoms with Gasteiger partial charge in [-0.2, -0.15) is 0 Å². The van der Waals surface area contributed by atoms with Crippen LogP contribution in [0.25, 0.3) is 0 Å². The first kappa shape index (κ1) is 31.4. The van der Waals surface area contributed by atoms with Crippen LogP contribution in [0.2, 0.25) is 8.87 Å². The molecule has 0 amide bonds. The van der Waals surface area contributed by atoms with Crippen molar-refractivity contribution in [2.24, 2.45) is 0 Å². The SMILES string of the molecule is CCCCCCC[CH2][Sn]([CH2]CCCCCCC)([O]C(=O)CCCS)[O]C(=O)CCCS. The van der Waals surface area contributed by atoms with E-state index in [-0.39, 0.29) is 11.9 Å². The Morgan fingerprint density at radius 1 is 0.581 bits per heavy atom. The van der Waals surface area contributed by atoms with Crippen LogP contribution >= 0.6 is 25.3 Å². The van der Waals surface area contributed by atoms with E-state index in [1.165, 1.54) is 51.4 Å². The van der Waals surface area contributed by atoms with E-state index in [4.69, 9.17) is 6.15 Å². The number of rotatable bonds is 22. The molecule has 0 radical (unpaired) electrons. The summed E-state index contributed by atoms with van der Waals surface area (Å²) in [6.07, 6.45) is 16.3. The normalized spacial score (nSPS) is 11.5. The molecule has 0 heterocycles. The zero-order valence-electron chi connectivity index (χ0n) is 20.2. The number of hydrogen-bond acceptors (Lipinski definition) is 6. The molecule has 0 N–H and O–H groups in total. The fourth-order valence-corrected chi connectivity index (χ4v) is 13.4. The van der Waals surface area contributed by atoms with Gasteiger partial charge in [-0.15, -0.1) is 0 Å². The second kappa shape index (κ2) is 22.2. The second-order valence-electron chi connectivity index (χ2n) is 8.55. The van der Waals surface area contributed by atoms with Crippen LogP contribution in [0.1, 0.15) is 117 Å². The van der Waals surface area contributed by atoms with Crippen molar-refractivity contribution in [3.8, 4) is 0 Å². The Kier molecular flexibility index (Phi) is 22.6. The summed E-state index contributed by atoms with van der Waals surface area (Å²) in [5.74, 6) is 0.940. The summed E-state index contributed by atoms with van der Waals surface area (Å²) in [6, 6.07) is 0. The third-order valence-corrected chi connectivity index (χ3v) is 15.9. The first-order valence-corrected chi connectivity index (χ1v) is 20.3. The van der Waals surface area contributed by atoms with E-state index in [0.717, 1.165) is 34.6 Å². The molecule has 0 aromatic carbocycles. The van der Waals surface area contributed by atoms with Crippen molar-refractivity contribution >= 4 is 56.4 Å². The molecule has 0 unspecified atom stereocenters. The van der Waals surface area contributed by atoms with E-state index in [1.807, 2.05) is 0 Å². The minimum absolute atomic E-state index is 0.191. The van der Waals surface area contributed by atoms with Gasteiger partial charge in [-0.1, -0.05) is 0 Å². The van der Waals surface area contributed by atoms with Crippen LogP contribution in [0.4, 0.5) is 0 Å². The first-order valence-electron chi connectivity index (χ1n) is 12.7. The molecule has 0 aliphatic rings. The molecule has 0 aromatic heterocycles. The van der Waals surface area contributed by atoms with Crippen molar-refractivity contribution in [2.45, 2.75) is 125 Å². The van der Waals surface area contributed by atoms with Gasteiger partial charge in [-0.05, 0) is 0 Å². The molecule has 0 atom stereocenters. The van der Waals surface area contributed by atoms with E-state index in [1.54, 1.807) is 0 Å². The van der Waals surface area contributed by atoms with Crippen molar-refractivity contribution in [1.82, 2.24) is 0 Å². The second-order valence-corrected chi connectivity index (χ2v) is 18.7. The quantitative estimate of drug-likeness (QED) is 0.0781. The molecule has 0 aliphatic heterocycles. The maximum atomic E-state index is 12.6. The molecule has 0 rings (SSSR count). The Balaban J connectivity index is 5.07. The number of carbonyl (C=O) groups excluding carboxylic acids is 2. The topological polar surface area (TPSA) is 52.6 Å². The van der Waals surface area contributed by atoms with Gasteiger partial charge in [0.05, 0.1) is 0 Å². The van der Waals surface area contributed by atoms with Crippen LogP contribution in [0, 0.1) is 0 Å². The van der Waals surface area contributed by atoms with E-state index in [0.29, 0.717) is 37.2 Å². The fraction of sp³-hybridized carbons (Fsp3) is 0.917. The Labute approximate surface area is 208 Å². The molecule has 0 aromatic rings. The number of carbonyl (C=O) groups is 2. The molecule has 7 heteroatoms. The Morgan fingerprint density at radius 3 is 1.29 bits per heavy atom. The average molecular weight is 583 g/mol. The number of unbranched alkanes of at least 4 members (excludes halogenated alkanes) is 10. The molecular formula is C24H48O4S2Sn. The Hall–Kier alpha value is 0.439.